The van der Waals surface area contributed by atoms with Crippen LogP contribution in [0.25, 0.3) is 0 Å². The van der Waals surface area contributed by atoms with E-state index in [1.165, 1.54) is 0 Å². The zero-order chi connectivity index (χ0) is 14.4. The van der Waals surface area contributed by atoms with Gasteiger partial charge in [-0.2, -0.15) is 0 Å². The predicted molar refractivity (Wildman–Crippen MR) is 73.8 cm³/mol. The van der Waals surface area contributed by atoms with Gasteiger partial charge in [0.2, 0.25) is 0 Å². The molecule has 0 aliphatic carbocycles. The molecule has 1 aliphatic rings. The average Bonchev–Trinajstić information content (AvgIpc) is 2.47. The maximum atomic E-state index is 12.4. The minimum Gasteiger partial charge on any atom is -0.481 e. The molecule has 0 aromatic heterocycles. The molecule has 0 bridgehead atoms. The minimum atomic E-state index is -0.937. The number of carbonyl (C=O) groups excluding carboxylic acids is 1. The summed E-state index contributed by atoms with van der Waals surface area (Å²) >= 11 is 0. The molecule has 0 saturated carbocycles. The van der Waals surface area contributed by atoms with E-state index in [4.69, 9.17) is 9.84 Å². The Morgan fingerprint density at radius 1 is 1.20 bits per heavy atom. The number of Topliss-reactive ketones (excluding diaryl/α,β-unsaturated/α-hetero) is 1. The molecule has 5 heteroatoms. The summed E-state index contributed by atoms with van der Waals surface area (Å²) in [5.41, 5.74) is 0.576. The minimum absolute atomic E-state index is 0.0977. The highest BCUT2D eigenvalue weighted by molar-refractivity contribution is 5.99. The fourth-order valence-corrected chi connectivity index (χ4v) is 2.38. The molecule has 0 radical (unpaired) electrons. The number of aliphatic carboxylic acids is 1. The number of morpholine rings is 1. The Balaban J connectivity index is 2.06. The van der Waals surface area contributed by atoms with Gasteiger partial charge in [0.1, 0.15) is 0 Å². The Kier molecular flexibility index (Phi) is 5.26. The Labute approximate surface area is 118 Å². The second-order valence-corrected chi connectivity index (χ2v) is 4.94. The van der Waals surface area contributed by atoms with Crippen LogP contribution >= 0.6 is 0 Å². The van der Waals surface area contributed by atoms with E-state index < -0.39 is 11.9 Å². The third-order valence-corrected chi connectivity index (χ3v) is 3.43. The zero-order valence-electron chi connectivity index (χ0n) is 11.3. The molecular formula is C15H19NO4. The Bertz CT molecular complexity index is 454. The molecule has 2 rings (SSSR count). The first kappa shape index (κ1) is 14.7. The van der Waals surface area contributed by atoms with Gasteiger partial charge < -0.3 is 9.84 Å². The van der Waals surface area contributed by atoms with Crippen molar-refractivity contribution in [1.82, 2.24) is 4.90 Å². The fraction of sp³-hybridized carbons (Fsp3) is 0.467. The van der Waals surface area contributed by atoms with Crippen LogP contribution in [0.15, 0.2) is 30.3 Å². The molecule has 5 nitrogen and oxygen atoms in total. The lowest BCUT2D eigenvalue weighted by Gasteiger charge is -2.29. The molecule has 1 N–H and O–H groups in total. The number of carboxylic acid groups (broad SMARTS) is 1. The quantitative estimate of drug-likeness (QED) is 0.794. The third-order valence-electron chi connectivity index (χ3n) is 3.43. The highest BCUT2D eigenvalue weighted by atomic mass is 16.5. The normalized spacial score (nSPS) is 17.6. The number of ketones is 1. The smallest absolute Gasteiger partial charge is 0.304 e. The fourth-order valence-electron chi connectivity index (χ4n) is 2.38. The van der Waals surface area contributed by atoms with Crippen molar-refractivity contribution in [3.05, 3.63) is 35.9 Å². The Morgan fingerprint density at radius 3 is 2.45 bits per heavy atom. The molecular weight excluding hydrogens is 258 g/mol. The number of benzene rings is 1. The van der Waals surface area contributed by atoms with Crippen molar-refractivity contribution < 1.29 is 19.4 Å². The second kappa shape index (κ2) is 7.17. The van der Waals surface area contributed by atoms with Gasteiger partial charge in [0.25, 0.3) is 0 Å². The van der Waals surface area contributed by atoms with Gasteiger partial charge in [0.15, 0.2) is 5.78 Å². The summed E-state index contributed by atoms with van der Waals surface area (Å²) in [6.45, 7) is 3.25. The van der Waals surface area contributed by atoms with Crippen molar-refractivity contribution in [2.75, 3.05) is 32.8 Å². The summed E-state index contributed by atoms with van der Waals surface area (Å²) in [5.74, 6) is -1.54. The summed E-state index contributed by atoms with van der Waals surface area (Å²) in [6, 6.07) is 8.89. The van der Waals surface area contributed by atoms with Crippen molar-refractivity contribution in [2.45, 2.75) is 6.42 Å². The van der Waals surface area contributed by atoms with E-state index >= 15 is 0 Å². The van der Waals surface area contributed by atoms with Crippen LogP contribution in [0.2, 0.25) is 0 Å². The highest BCUT2D eigenvalue weighted by Crippen LogP contribution is 2.15. The molecule has 1 aliphatic heterocycles. The first-order chi connectivity index (χ1) is 9.66. The van der Waals surface area contributed by atoms with Gasteiger partial charge >= 0.3 is 5.97 Å². The van der Waals surface area contributed by atoms with Crippen molar-refractivity contribution >= 4 is 11.8 Å². The molecule has 1 saturated heterocycles. The number of hydrogen-bond donors (Lipinski definition) is 1. The third kappa shape index (κ3) is 4.15. The topological polar surface area (TPSA) is 66.8 Å². The van der Waals surface area contributed by atoms with Crippen LogP contribution in [0, 0.1) is 5.92 Å². The van der Waals surface area contributed by atoms with E-state index in [0.717, 1.165) is 13.1 Å². The summed E-state index contributed by atoms with van der Waals surface area (Å²) in [4.78, 5) is 25.5. The van der Waals surface area contributed by atoms with E-state index in [-0.39, 0.29) is 12.2 Å². The molecule has 1 atom stereocenters. The molecule has 1 heterocycles. The largest absolute Gasteiger partial charge is 0.481 e. The van der Waals surface area contributed by atoms with E-state index in [1.807, 2.05) is 6.07 Å². The summed E-state index contributed by atoms with van der Waals surface area (Å²) in [6.07, 6.45) is -0.134. The van der Waals surface area contributed by atoms with Crippen LogP contribution in [0.4, 0.5) is 0 Å². The van der Waals surface area contributed by atoms with Crippen molar-refractivity contribution in [3.8, 4) is 0 Å². The average molecular weight is 277 g/mol. The molecule has 0 amide bonds. The predicted octanol–water partition coefficient (Wildman–Crippen LogP) is 1.29. The molecule has 20 heavy (non-hydrogen) atoms. The molecule has 1 fully saturated rings. The monoisotopic (exact) mass is 277 g/mol. The number of hydrogen-bond acceptors (Lipinski definition) is 4. The summed E-state index contributed by atoms with van der Waals surface area (Å²) in [7, 11) is 0. The number of carbonyl (C=O) groups is 2. The molecule has 0 spiro atoms. The molecule has 1 aromatic carbocycles. The molecule has 108 valence electrons. The van der Waals surface area contributed by atoms with Gasteiger partial charge in [-0.15, -0.1) is 0 Å². The first-order valence-electron chi connectivity index (χ1n) is 6.78. The standard InChI is InChI=1S/C15H19NO4/c17-14(18)10-13(11-16-6-8-20-9-7-16)15(19)12-4-2-1-3-5-12/h1-5,13H,6-11H2,(H,17,18). The van der Waals surface area contributed by atoms with Gasteiger partial charge in [-0.3, -0.25) is 14.5 Å². The highest BCUT2D eigenvalue weighted by Gasteiger charge is 2.26. The van der Waals surface area contributed by atoms with Crippen LogP contribution in [-0.2, 0) is 9.53 Å². The number of nitrogens with zero attached hydrogens (tertiary/aromatic N) is 1. The van der Waals surface area contributed by atoms with Gasteiger partial charge in [-0.25, -0.2) is 0 Å². The van der Waals surface area contributed by atoms with Crippen LogP contribution in [-0.4, -0.2) is 54.6 Å². The maximum Gasteiger partial charge on any atom is 0.304 e. The SMILES string of the molecule is O=C(O)CC(CN1CCOCC1)C(=O)c1ccccc1. The summed E-state index contributed by atoms with van der Waals surface area (Å²) < 4.78 is 5.26. The van der Waals surface area contributed by atoms with Crippen molar-refractivity contribution in [1.29, 1.82) is 0 Å². The van der Waals surface area contributed by atoms with Crippen LogP contribution in [0.3, 0.4) is 0 Å². The van der Waals surface area contributed by atoms with Gasteiger partial charge in [0, 0.05) is 31.1 Å². The first-order valence-corrected chi connectivity index (χ1v) is 6.78. The van der Waals surface area contributed by atoms with Gasteiger partial charge in [-0.05, 0) is 0 Å². The number of rotatable bonds is 6. The van der Waals surface area contributed by atoms with Crippen LogP contribution in [0.5, 0.6) is 0 Å². The molecule has 1 aromatic rings. The molecule has 1 unspecified atom stereocenters. The van der Waals surface area contributed by atoms with E-state index in [9.17, 15) is 9.59 Å². The van der Waals surface area contributed by atoms with Gasteiger partial charge in [0.05, 0.1) is 19.6 Å². The second-order valence-electron chi connectivity index (χ2n) is 4.94. The van der Waals surface area contributed by atoms with E-state index in [0.29, 0.717) is 25.3 Å². The lowest BCUT2D eigenvalue weighted by Crippen LogP contribution is -2.41. The lowest BCUT2D eigenvalue weighted by atomic mass is 9.94. The Morgan fingerprint density at radius 2 is 1.85 bits per heavy atom. The number of ether oxygens (including phenoxy) is 1. The maximum absolute atomic E-state index is 12.4. The zero-order valence-corrected chi connectivity index (χ0v) is 11.3. The van der Waals surface area contributed by atoms with Crippen LogP contribution in [0.1, 0.15) is 16.8 Å². The van der Waals surface area contributed by atoms with E-state index in [2.05, 4.69) is 4.90 Å². The van der Waals surface area contributed by atoms with Crippen molar-refractivity contribution in [3.63, 3.8) is 0 Å². The van der Waals surface area contributed by atoms with E-state index in [1.54, 1.807) is 24.3 Å². The summed E-state index contributed by atoms with van der Waals surface area (Å²) in [5, 5.41) is 9.01. The number of carboxylic acids is 1. The Hall–Kier alpha value is -1.72. The van der Waals surface area contributed by atoms with Gasteiger partial charge in [-0.1, -0.05) is 30.3 Å². The van der Waals surface area contributed by atoms with Crippen LogP contribution < -0.4 is 0 Å². The van der Waals surface area contributed by atoms with Crippen molar-refractivity contribution in [2.24, 2.45) is 5.92 Å². The lowest BCUT2D eigenvalue weighted by molar-refractivity contribution is -0.138.